The van der Waals surface area contributed by atoms with Crippen LogP contribution in [-0.2, 0) is 0 Å². The third kappa shape index (κ3) is 3.71. The average molecular weight is 272 g/mol. The Morgan fingerprint density at radius 3 is 2.65 bits per heavy atom. The van der Waals surface area contributed by atoms with Crippen LogP contribution in [0, 0.1) is 0 Å². The number of nitrogens with zero attached hydrogens (tertiary/aromatic N) is 1. The summed E-state index contributed by atoms with van der Waals surface area (Å²) in [5.41, 5.74) is 6.85. The first-order chi connectivity index (χ1) is 9.70. The minimum atomic E-state index is -0.0491. The second kappa shape index (κ2) is 6.91. The largest absolute Gasteiger partial charge is 0.490 e. The molecule has 2 N–H and O–H groups in total. The molecule has 106 valence electrons. The molecular formula is C16H20N2O2. The molecule has 20 heavy (non-hydrogen) atoms. The number of benzene rings is 1. The van der Waals surface area contributed by atoms with Gasteiger partial charge in [-0.05, 0) is 37.1 Å². The van der Waals surface area contributed by atoms with Crippen LogP contribution in [0.4, 0.5) is 0 Å². The maximum Gasteiger partial charge on any atom is 0.219 e. The van der Waals surface area contributed by atoms with E-state index in [1.54, 1.807) is 6.20 Å². The molecule has 0 amide bonds. The minimum Gasteiger partial charge on any atom is -0.490 e. The van der Waals surface area contributed by atoms with Crippen molar-refractivity contribution in [1.82, 2.24) is 4.98 Å². The fraction of sp³-hybridized carbons (Fsp3) is 0.312. The zero-order valence-electron chi connectivity index (χ0n) is 11.9. The first-order valence-corrected chi connectivity index (χ1v) is 6.82. The molecule has 0 saturated carbocycles. The molecule has 0 unspecified atom stereocenters. The second-order valence-corrected chi connectivity index (χ2v) is 4.61. The number of rotatable bonds is 6. The lowest BCUT2D eigenvalue weighted by Gasteiger charge is -2.12. The Balaban J connectivity index is 2.19. The number of pyridine rings is 1. The van der Waals surface area contributed by atoms with Gasteiger partial charge in [-0.15, -0.1) is 0 Å². The van der Waals surface area contributed by atoms with Gasteiger partial charge in [0, 0.05) is 18.3 Å². The lowest BCUT2D eigenvalue weighted by atomic mass is 10.1. The van der Waals surface area contributed by atoms with E-state index in [0.29, 0.717) is 18.2 Å². The maximum atomic E-state index is 5.86. The highest BCUT2D eigenvalue weighted by atomic mass is 16.5. The minimum absolute atomic E-state index is 0.0491. The Bertz CT molecular complexity index is 556. The molecule has 0 saturated heterocycles. The van der Waals surface area contributed by atoms with Crippen molar-refractivity contribution < 1.29 is 9.47 Å². The second-order valence-electron chi connectivity index (χ2n) is 4.61. The van der Waals surface area contributed by atoms with Crippen LogP contribution in [0.2, 0.25) is 0 Å². The summed E-state index contributed by atoms with van der Waals surface area (Å²) in [7, 11) is 0. The molecule has 0 aliphatic carbocycles. The molecule has 1 aromatic heterocycles. The summed E-state index contributed by atoms with van der Waals surface area (Å²) < 4.78 is 11.5. The van der Waals surface area contributed by atoms with Crippen molar-refractivity contribution in [1.29, 1.82) is 0 Å². The number of ether oxygens (including phenoxy) is 2. The summed E-state index contributed by atoms with van der Waals surface area (Å²) in [6.45, 7) is 4.65. The molecule has 0 aliphatic heterocycles. The van der Waals surface area contributed by atoms with Crippen LogP contribution in [0.3, 0.4) is 0 Å². The number of nitrogens with two attached hydrogens (primary N) is 1. The molecule has 1 aromatic carbocycles. The Morgan fingerprint density at radius 2 is 1.95 bits per heavy atom. The first-order valence-electron chi connectivity index (χ1n) is 6.82. The highest BCUT2D eigenvalue weighted by molar-refractivity contribution is 5.42. The van der Waals surface area contributed by atoms with E-state index in [1.807, 2.05) is 43.3 Å². The summed E-state index contributed by atoms with van der Waals surface area (Å²) in [6, 6.07) is 11.3. The van der Waals surface area contributed by atoms with E-state index in [9.17, 15) is 0 Å². The van der Waals surface area contributed by atoms with Crippen LogP contribution in [0.5, 0.6) is 17.4 Å². The van der Waals surface area contributed by atoms with Gasteiger partial charge in [0.2, 0.25) is 5.88 Å². The molecule has 4 nitrogen and oxygen atoms in total. The maximum absolute atomic E-state index is 5.86. The SMILES string of the molecule is CCCOc1ccccc1Oc1cc([C@@H](C)N)ccn1. The van der Waals surface area contributed by atoms with Crippen LogP contribution in [0.1, 0.15) is 31.9 Å². The molecule has 1 atom stereocenters. The van der Waals surface area contributed by atoms with Crippen LogP contribution in [0.15, 0.2) is 42.6 Å². The van der Waals surface area contributed by atoms with Crippen molar-refractivity contribution in [2.45, 2.75) is 26.3 Å². The van der Waals surface area contributed by atoms with Gasteiger partial charge in [-0.25, -0.2) is 4.98 Å². The normalized spacial score (nSPS) is 11.9. The van der Waals surface area contributed by atoms with Gasteiger partial charge in [0.05, 0.1) is 6.61 Å². The molecule has 2 rings (SSSR count). The van der Waals surface area contributed by atoms with E-state index < -0.39 is 0 Å². The van der Waals surface area contributed by atoms with Crippen LogP contribution in [0.25, 0.3) is 0 Å². The van der Waals surface area contributed by atoms with Crippen molar-refractivity contribution in [3.8, 4) is 17.4 Å². The Hall–Kier alpha value is -2.07. The van der Waals surface area contributed by atoms with Crippen LogP contribution >= 0.6 is 0 Å². The summed E-state index contributed by atoms with van der Waals surface area (Å²) in [6.07, 6.45) is 2.65. The van der Waals surface area contributed by atoms with Gasteiger partial charge >= 0.3 is 0 Å². The van der Waals surface area contributed by atoms with E-state index in [2.05, 4.69) is 11.9 Å². The molecule has 0 aliphatic rings. The summed E-state index contributed by atoms with van der Waals surface area (Å²) in [5.74, 6) is 1.91. The fourth-order valence-corrected chi connectivity index (χ4v) is 1.74. The first kappa shape index (κ1) is 14.3. The number of para-hydroxylation sites is 2. The third-order valence-electron chi connectivity index (χ3n) is 2.81. The molecule has 0 radical (unpaired) electrons. The highest BCUT2D eigenvalue weighted by Crippen LogP contribution is 2.31. The zero-order valence-corrected chi connectivity index (χ0v) is 11.9. The van der Waals surface area contributed by atoms with Crippen LogP contribution < -0.4 is 15.2 Å². The van der Waals surface area contributed by atoms with Gasteiger partial charge in [0.1, 0.15) is 0 Å². The van der Waals surface area contributed by atoms with Gasteiger partial charge in [-0.2, -0.15) is 0 Å². The van der Waals surface area contributed by atoms with E-state index in [-0.39, 0.29) is 6.04 Å². The predicted octanol–water partition coefficient (Wildman–Crippen LogP) is 3.68. The monoisotopic (exact) mass is 272 g/mol. The zero-order chi connectivity index (χ0) is 14.4. The average Bonchev–Trinajstić information content (AvgIpc) is 2.46. The fourth-order valence-electron chi connectivity index (χ4n) is 1.74. The van der Waals surface area contributed by atoms with Crippen molar-refractivity contribution in [2.75, 3.05) is 6.61 Å². The quantitative estimate of drug-likeness (QED) is 0.871. The molecule has 0 bridgehead atoms. The van der Waals surface area contributed by atoms with E-state index in [0.717, 1.165) is 17.7 Å². The van der Waals surface area contributed by atoms with Crippen molar-refractivity contribution >= 4 is 0 Å². The van der Waals surface area contributed by atoms with Gasteiger partial charge in [-0.1, -0.05) is 19.1 Å². The lowest BCUT2D eigenvalue weighted by Crippen LogP contribution is -2.05. The standard InChI is InChI=1S/C16H20N2O2/c1-3-10-19-14-6-4-5-7-15(14)20-16-11-13(12(2)17)8-9-18-16/h4-9,11-12H,3,10,17H2,1-2H3/t12-/m1/s1. The smallest absolute Gasteiger partial charge is 0.219 e. The summed E-state index contributed by atoms with van der Waals surface area (Å²) >= 11 is 0. The highest BCUT2D eigenvalue weighted by Gasteiger charge is 2.08. The van der Waals surface area contributed by atoms with Crippen molar-refractivity contribution in [3.05, 3.63) is 48.2 Å². The Kier molecular flexibility index (Phi) is 4.96. The van der Waals surface area contributed by atoms with Crippen molar-refractivity contribution in [3.63, 3.8) is 0 Å². The summed E-state index contributed by atoms with van der Waals surface area (Å²) in [5, 5.41) is 0. The van der Waals surface area contributed by atoms with Crippen molar-refractivity contribution in [2.24, 2.45) is 5.73 Å². The van der Waals surface area contributed by atoms with Gasteiger partial charge in [0.25, 0.3) is 0 Å². The third-order valence-corrected chi connectivity index (χ3v) is 2.81. The lowest BCUT2D eigenvalue weighted by molar-refractivity contribution is 0.300. The van der Waals surface area contributed by atoms with Crippen LogP contribution in [-0.4, -0.2) is 11.6 Å². The molecular weight excluding hydrogens is 252 g/mol. The number of aromatic nitrogens is 1. The summed E-state index contributed by atoms with van der Waals surface area (Å²) in [4.78, 5) is 4.21. The Labute approximate surface area is 119 Å². The number of hydrogen-bond acceptors (Lipinski definition) is 4. The predicted molar refractivity (Wildman–Crippen MR) is 79.1 cm³/mol. The molecule has 1 heterocycles. The molecule has 0 spiro atoms. The van der Waals surface area contributed by atoms with E-state index in [1.165, 1.54) is 0 Å². The van der Waals surface area contributed by atoms with Gasteiger partial charge in [0.15, 0.2) is 11.5 Å². The van der Waals surface area contributed by atoms with E-state index in [4.69, 9.17) is 15.2 Å². The molecule has 4 heteroatoms. The van der Waals surface area contributed by atoms with Gasteiger partial charge < -0.3 is 15.2 Å². The van der Waals surface area contributed by atoms with E-state index >= 15 is 0 Å². The molecule has 0 fully saturated rings. The molecule has 2 aromatic rings. The van der Waals surface area contributed by atoms with Gasteiger partial charge in [-0.3, -0.25) is 0 Å². The number of hydrogen-bond donors (Lipinski definition) is 1. The Morgan fingerprint density at radius 1 is 1.20 bits per heavy atom. The topological polar surface area (TPSA) is 57.4 Å².